The quantitative estimate of drug-likeness (QED) is 0.667. The van der Waals surface area contributed by atoms with Crippen LogP contribution in [-0.2, 0) is 0 Å². The van der Waals surface area contributed by atoms with E-state index in [4.69, 9.17) is 0 Å². The van der Waals surface area contributed by atoms with Gasteiger partial charge in [-0.15, -0.1) is 0 Å². The summed E-state index contributed by atoms with van der Waals surface area (Å²) in [5, 5.41) is 0. The molecule has 0 amide bonds. The Kier molecular flexibility index (Phi) is 1.23. The number of hydrogen-bond acceptors (Lipinski definition) is 3. The van der Waals surface area contributed by atoms with Crippen LogP contribution in [0.25, 0.3) is 11.0 Å². The summed E-state index contributed by atoms with van der Waals surface area (Å²) < 4.78 is 8.39. The minimum atomic E-state index is 0.816. The van der Waals surface area contributed by atoms with Crippen molar-refractivity contribution in [2.75, 3.05) is 0 Å². The predicted octanol–water partition coefficient (Wildman–Crippen LogP) is 2.57. The lowest BCUT2D eigenvalue weighted by Crippen LogP contribution is -1.78. The second kappa shape index (κ2) is 2.26. The fourth-order valence-electron chi connectivity index (χ4n) is 1.47. The van der Waals surface area contributed by atoms with Crippen molar-refractivity contribution in [3.8, 4) is 0 Å². The zero-order chi connectivity index (χ0) is 7.97. The maximum atomic E-state index is 4.22. The molecular formula is C9H8N2S. The van der Waals surface area contributed by atoms with Gasteiger partial charge in [-0.1, -0.05) is 6.07 Å². The van der Waals surface area contributed by atoms with E-state index in [9.17, 15) is 0 Å². The maximum Gasteiger partial charge on any atom is 0.105 e. The van der Waals surface area contributed by atoms with Gasteiger partial charge in [0.2, 0.25) is 0 Å². The third-order valence-electron chi connectivity index (χ3n) is 2.33. The van der Waals surface area contributed by atoms with Gasteiger partial charge in [0.1, 0.15) is 11.0 Å². The molecule has 3 heteroatoms. The van der Waals surface area contributed by atoms with Crippen LogP contribution in [0.4, 0.5) is 0 Å². The van der Waals surface area contributed by atoms with E-state index in [1.165, 1.54) is 30.1 Å². The van der Waals surface area contributed by atoms with Gasteiger partial charge in [0, 0.05) is 0 Å². The second-order valence-electron chi connectivity index (χ2n) is 3.29. The minimum absolute atomic E-state index is 0.816. The van der Waals surface area contributed by atoms with Crippen molar-refractivity contribution in [2.24, 2.45) is 0 Å². The Morgan fingerprint density at radius 1 is 1.17 bits per heavy atom. The Morgan fingerprint density at radius 2 is 2.00 bits per heavy atom. The number of fused-ring (bicyclic) bond motifs is 1. The average Bonchev–Trinajstić information content (AvgIpc) is 2.84. The number of nitrogens with zero attached hydrogens (tertiary/aromatic N) is 2. The van der Waals surface area contributed by atoms with Crippen LogP contribution in [0.2, 0.25) is 0 Å². The van der Waals surface area contributed by atoms with E-state index >= 15 is 0 Å². The topological polar surface area (TPSA) is 25.8 Å². The average molecular weight is 176 g/mol. The Morgan fingerprint density at radius 3 is 2.83 bits per heavy atom. The van der Waals surface area contributed by atoms with E-state index in [0.717, 1.165) is 17.0 Å². The summed E-state index contributed by atoms with van der Waals surface area (Å²) in [6, 6.07) is 6.43. The number of benzene rings is 1. The van der Waals surface area contributed by atoms with Crippen molar-refractivity contribution in [1.29, 1.82) is 0 Å². The van der Waals surface area contributed by atoms with Crippen LogP contribution in [0.5, 0.6) is 0 Å². The SMILES string of the molecule is c1cc2nsnc2cc1C1CC1. The highest BCUT2D eigenvalue weighted by molar-refractivity contribution is 7.00. The molecule has 12 heavy (non-hydrogen) atoms. The summed E-state index contributed by atoms with van der Waals surface area (Å²) in [6.07, 6.45) is 2.70. The van der Waals surface area contributed by atoms with E-state index in [1.807, 2.05) is 0 Å². The Labute approximate surface area is 74.6 Å². The summed E-state index contributed by atoms with van der Waals surface area (Å²) in [5.41, 5.74) is 3.53. The highest BCUT2D eigenvalue weighted by Crippen LogP contribution is 2.40. The first-order valence-corrected chi connectivity index (χ1v) is 4.89. The van der Waals surface area contributed by atoms with Crippen LogP contribution in [-0.4, -0.2) is 8.75 Å². The number of hydrogen-bond donors (Lipinski definition) is 0. The molecule has 1 aromatic carbocycles. The van der Waals surface area contributed by atoms with Gasteiger partial charge in [-0.05, 0) is 36.5 Å². The third-order valence-corrected chi connectivity index (χ3v) is 2.88. The minimum Gasteiger partial charge on any atom is -0.173 e. The van der Waals surface area contributed by atoms with Gasteiger partial charge in [0.25, 0.3) is 0 Å². The molecule has 1 aromatic heterocycles. The molecule has 0 spiro atoms. The van der Waals surface area contributed by atoms with Crippen LogP contribution in [0.15, 0.2) is 18.2 Å². The van der Waals surface area contributed by atoms with Crippen molar-refractivity contribution in [1.82, 2.24) is 8.75 Å². The zero-order valence-electron chi connectivity index (χ0n) is 6.53. The first-order chi connectivity index (χ1) is 5.93. The number of rotatable bonds is 1. The molecule has 0 radical (unpaired) electrons. The molecule has 0 N–H and O–H groups in total. The standard InChI is InChI=1S/C9H8N2S/c1-2-6(1)7-3-4-8-9(5-7)11-12-10-8/h3-6H,1-2H2. The van der Waals surface area contributed by atoms with Gasteiger partial charge in [0.15, 0.2) is 0 Å². The van der Waals surface area contributed by atoms with Gasteiger partial charge in [-0.3, -0.25) is 0 Å². The molecule has 1 aliphatic rings. The van der Waals surface area contributed by atoms with E-state index in [1.54, 1.807) is 0 Å². The monoisotopic (exact) mass is 176 g/mol. The summed E-state index contributed by atoms with van der Waals surface area (Å²) in [6.45, 7) is 0. The molecule has 1 heterocycles. The van der Waals surface area contributed by atoms with Gasteiger partial charge in [0.05, 0.1) is 11.7 Å². The number of aromatic nitrogens is 2. The van der Waals surface area contributed by atoms with Crippen LogP contribution in [0, 0.1) is 0 Å². The molecule has 0 unspecified atom stereocenters. The fraction of sp³-hybridized carbons (Fsp3) is 0.333. The normalized spacial score (nSPS) is 17.0. The predicted molar refractivity (Wildman–Crippen MR) is 49.4 cm³/mol. The van der Waals surface area contributed by atoms with E-state index < -0.39 is 0 Å². The van der Waals surface area contributed by atoms with Gasteiger partial charge < -0.3 is 0 Å². The van der Waals surface area contributed by atoms with Crippen molar-refractivity contribution < 1.29 is 0 Å². The second-order valence-corrected chi connectivity index (χ2v) is 3.82. The first kappa shape index (κ1) is 6.54. The highest BCUT2D eigenvalue weighted by atomic mass is 32.1. The van der Waals surface area contributed by atoms with Crippen LogP contribution < -0.4 is 0 Å². The van der Waals surface area contributed by atoms with E-state index in [-0.39, 0.29) is 0 Å². The maximum absolute atomic E-state index is 4.22. The smallest absolute Gasteiger partial charge is 0.105 e. The Balaban J connectivity index is 2.21. The highest BCUT2D eigenvalue weighted by Gasteiger charge is 2.23. The molecule has 2 nitrogen and oxygen atoms in total. The molecule has 60 valence electrons. The van der Waals surface area contributed by atoms with Crippen LogP contribution in [0.3, 0.4) is 0 Å². The fourth-order valence-corrected chi connectivity index (χ4v) is 1.99. The summed E-state index contributed by atoms with van der Waals surface area (Å²) in [7, 11) is 0. The molecule has 1 aliphatic carbocycles. The third kappa shape index (κ3) is 0.932. The van der Waals surface area contributed by atoms with Crippen LogP contribution >= 0.6 is 11.7 Å². The first-order valence-electron chi connectivity index (χ1n) is 4.16. The molecule has 0 saturated heterocycles. The lowest BCUT2D eigenvalue weighted by molar-refractivity contribution is 1.14. The molecule has 0 aliphatic heterocycles. The zero-order valence-corrected chi connectivity index (χ0v) is 7.34. The van der Waals surface area contributed by atoms with E-state index in [2.05, 4.69) is 26.9 Å². The Bertz CT molecular complexity index is 417. The van der Waals surface area contributed by atoms with Gasteiger partial charge in [-0.2, -0.15) is 8.75 Å². The lowest BCUT2D eigenvalue weighted by Gasteiger charge is -1.94. The summed E-state index contributed by atoms with van der Waals surface area (Å²) in [4.78, 5) is 0. The molecular weight excluding hydrogens is 168 g/mol. The van der Waals surface area contributed by atoms with Crippen molar-refractivity contribution >= 4 is 22.8 Å². The summed E-state index contributed by atoms with van der Waals surface area (Å²) >= 11 is 1.29. The molecule has 3 rings (SSSR count). The molecule has 1 fully saturated rings. The largest absolute Gasteiger partial charge is 0.173 e. The molecule has 1 saturated carbocycles. The van der Waals surface area contributed by atoms with Crippen molar-refractivity contribution in [3.05, 3.63) is 23.8 Å². The van der Waals surface area contributed by atoms with Crippen molar-refractivity contribution in [2.45, 2.75) is 18.8 Å². The Hall–Kier alpha value is -0.960. The van der Waals surface area contributed by atoms with Gasteiger partial charge >= 0.3 is 0 Å². The van der Waals surface area contributed by atoms with Crippen LogP contribution in [0.1, 0.15) is 24.3 Å². The summed E-state index contributed by atoms with van der Waals surface area (Å²) in [5.74, 6) is 0.816. The van der Waals surface area contributed by atoms with E-state index in [0.29, 0.717) is 0 Å². The molecule has 2 aromatic rings. The molecule has 0 bridgehead atoms. The lowest BCUT2D eigenvalue weighted by atomic mass is 10.1. The van der Waals surface area contributed by atoms with Crippen molar-refractivity contribution in [3.63, 3.8) is 0 Å². The molecule has 0 atom stereocenters. The van der Waals surface area contributed by atoms with Gasteiger partial charge in [-0.25, -0.2) is 0 Å².